The molecule has 0 fully saturated rings. The Hall–Kier alpha value is -1.91. The molecule has 0 spiro atoms. The zero-order chi connectivity index (χ0) is 11.9. The predicted molar refractivity (Wildman–Crippen MR) is 57.4 cm³/mol. The summed E-state index contributed by atoms with van der Waals surface area (Å²) in [6.45, 7) is 1.96. The number of rotatable bonds is 1. The van der Waals surface area contributed by atoms with Gasteiger partial charge in [-0.25, -0.2) is 9.78 Å². The molecule has 1 aliphatic rings. The molecule has 0 amide bonds. The highest BCUT2D eigenvalue weighted by Crippen LogP contribution is 2.26. The number of nitrogens with zero attached hydrogens (tertiary/aromatic N) is 1. The van der Waals surface area contributed by atoms with Crippen LogP contribution >= 0.6 is 0 Å². The molecular formula is C11H12N2O3. The maximum atomic E-state index is 11.7. The van der Waals surface area contributed by atoms with Crippen LogP contribution in [0.2, 0.25) is 0 Å². The highest BCUT2D eigenvalue weighted by molar-refractivity contribution is 6.02. The van der Waals surface area contributed by atoms with Crippen molar-refractivity contribution in [2.24, 2.45) is 5.92 Å². The number of anilines is 1. The van der Waals surface area contributed by atoms with Crippen molar-refractivity contribution in [2.45, 2.75) is 19.8 Å². The number of nitrogen functional groups attached to an aromatic ring is 1. The third kappa shape index (κ3) is 1.64. The smallest absolute Gasteiger partial charge is 0.339 e. The number of hydrogen-bond acceptors (Lipinski definition) is 4. The van der Waals surface area contributed by atoms with E-state index in [1.54, 1.807) is 0 Å². The Kier molecular flexibility index (Phi) is 2.38. The van der Waals surface area contributed by atoms with Crippen LogP contribution in [-0.4, -0.2) is 21.8 Å². The molecule has 0 aliphatic heterocycles. The van der Waals surface area contributed by atoms with Crippen LogP contribution in [0.1, 0.15) is 39.8 Å². The molecule has 2 rings (SSSR count). The number of carbonyl (C=O) groups is 2. The molecule has 0 saturated heterocycles. The molecule has 84 valence electrons. The van der Waals surface area contributed by atoms with E-state index in [1.807, 2.05) is 6.92 Å². The Morgan fingerprint density at radius 2 is 2.25 bits per heavy atom. The number of Topliss-reactive ketones (excluding diaryl/α,β-unsaturated/α-hetero) is 1. The minimum atomic E-state index is -1.15. The first-order valence-electron chi connectivity index (χ1n) is 5.05. The van der Waals surface area contributed by atoms with Gasteiger partial charge in [-0.3, -0.25) is 4.79 Å². The minimum Gasteiger partial charge on any atom is -0.478 e. The molecule has 5 heteroatoms. The van der Waals surface area contributed by atoms with Crippen molar-refractivity contribution >= 4 is 17.6 Å². The van der Waals surface area contributed by atoms with E-state index in [-0.39, 0.29) is 23.1 Å². The van der Waals surface area contributed by atoms with Crippen molar-refractivity contribution in [3.63, 3.8) is 0 Å². The van der Waals surface area contributed by atoms with Gasteiger partial charge in [-0.2, -0.15) is 0 Å². The lowest BCUT2D eigenvalue weighted by Gasteiger charge is -2.20. The lowest BCUT2D eigenvalue weighted by Crippen LogP contribution is -2.21. The van der Waals surface area contributed by atoms with Crippen molar-refractivity contribution in [2.75, 3.05) is 5.73 Å². The SMILES string of the molecule is CC1CC(=O)c2cc(C(=O)O)c(N)nc2C1. The number of hydrogen-bond donors (Lipinski definition) is 2. The van der Waals surface area contributed by atoms with Crippen LogP contribution in [0.3, 0.4) is 0 Å². The van der Waals surface area contributed by atoms with Crippen LogP contribution in [0.5, 0.6) is 0 Å². The van der Waals surface area contributed by atoms with Gasteiger partial charge >= 0.3 is 5.97 Å². The molecular weight excluding hydrogens is 208 g/mol. The fourth-order valence-electron chi connectivity index (χ4n) is 1.96. The predicted octanol–water partition coefficient (Wildman–Crippen LogP) is 1.13. The molecule has 5 nitrogen and oxygen atoms in total. The van der Waals surface area contributed by atoms with Crippen LogP contribution < -0.4 is 5.73 Å². The molecule has 1 unspecified atom stereocenters. The van der Waals surface area contributed by atoms with Crippen LogP contribution in [-0.2, 0) is 6.42 Å². The molecule has 3 N–H and O–H groups in total. The van der Waals surface area contributed by atoms with Gasteiger partial charge in [0.05, 0.1) is 5.69 Å². The maximum Gasteiger partial charge on any atom is 0.339 e. The van der Waals surface area contributed by atoms with Gasteiger partial charge in [-0.15, -0.1) is 0 Å². The summed E-state index contributed by atoms with van der Waals surface area (Å²) in [5.74, 6) is -0.987. The standard InChI is InChI=1S/C11H12N2O3/c1-5-2-8-6(9(14)3-5)4-7(11(15)16)10(12)13-8/h4-5H,2-3H2,1H3,(H2,12,13)(H,15,16). The molecule has 0 radical (unpaired) electrons. The molecule has 16 heavy (non-hydrogen) atoms. The van der Waals surface area contributed by atoms with Crippen LogP contribution in [0.4, 0.5) is 5.82 Å². The van der Waals surface area contributed by atoms with Crippen molar-refractivity contribution < 1.29 is 14.7 Å². The van der Waals surface area contributed by atoms with Crippen molar-refractivity contribution in [1.29, 1.82) is 0 Å². The third-order valence-electron chi connectivity index (χ3n) is 2.74. The average molecular weight is 220 g/mol. The summed E-state index contributed by atoms with van der Waals surface area (Å²) in [6.07, 6.45) is 1.11. The van der Waals surface area contributed by atoms with Crippen LogP contribution in [0.25, 0.3) is 0 Å². The van der Waals surface area contributed by atoms with Gasteiger partial charge in [-0.1, -0.05) is 6.92 Å². The van der Waals surface area contributed by atoms with Crippen LogP contribution in [0.15, 0.2) is 6.07 Å². The second kappa shape index (κ2) is 3.59. The van der Waals surface area contributed by atoms with E-state index in [0.29, 0.717) is 24.1 Å². The van der Waals surface area contributed by atoms with E-state index in [9.17, 15) is 9.59 Å². The quantitative estimate of drug-likeness (QED) is 0.739. The van der Waals surface area contributed by atoms with Gasteiger partial charge < -0.3 is 10.8 Å². The molecule has 0 bridgehead atoms. The highest BCUT2D eigenvalue weighted by Gasteiger charge is 2.26. The Bertz CT molecular complexity index is 482. The molecule has 1 aromatic heterocycles. The first kappa shape index (κ1) is 10.6. The molecule has 1 heterocycles. The molecule has 0 aromatic carbocycles. The lowest BCUT2D eigenvalue weighted by molar-refractivity contribution is 0.0697. The summed E-state index contributed by atoms with van der Waals surface area (Å²) in [4.78, 5) is 26.6. The van der Waals surface area contributed by atoms with Crippen LogP contribution in [0, 0.1) is 5.92 Å². The van der Waals surface area contributed by atoms with E-state index in [2.05, 4.69) is 4.98 Å². The zero-order valence-corrected chi connectivity index (χ0v) is 8.86. The summed E-state index contributed by atoms with van der Waals surface area (Å²) in [6, 6.07) is 1.34. The van der Waals surface area contributed by atoms with Gasteiger partial charge in [0.25, 0.3) is 0 Å². The van der Waals surface area contributed by atoms with E-state index in [0.717, 1.165) is 0 Å². The van der Waals surface area contributed by atoms with Crippen molar-refractivity contribution in [1.82, 2.24) is 4.98 Å². The fraction of sp³-hybridized carbons (Fsp3) is 0.364. The number of nitrogens with two attached hydrogens (primary N) is 1. The number of aromatic carboxylic acids is 1. The number of carbonyl (C=O) groups excluding carboxylic acids is 1. The van der Waals surface area contributed by atoms with Gasteiger partial charge in [0.1, 0.15) is 11.4 Å². The summed E-state index contributed by atoms with van der Waals surface area (Å²) < 4.78 is 0. The van der Waals surface area contributed by atoms with E-state index in [1.165, 1.54) is 6.07 Å². The van der Waals surface area contributed by atoms with E-state index in [4.69, 9.17) is 10.8 Å². The second-order valence-electron chi connectivity index (χ2n) is 4.16. The normalized spacial score (nSPS) is 19.3. The van der Waals surface area contributed by atoms with Gasteiger partial charge in [0, 0.05) is 12.0 Å². The second-order valence-corrected chi connectivity index (χ2v) is 4.16. The van der Waals surface area contributed by atoms with Gasteiger partial charge in [0.2, 0.25) is 0 Å². The zero-order valence-electron chi connectivity index (χ0n) is 8.86. The Morgan fingerprint density at radius 1 is 1.56 bits per heavy atom. The fourth-order valence-corrected chi connectivity index (χ4v) is 1.96. The lowest BCUT2D eigenvalue weighted by atomic mass is 9.86. The Labute approximate surface area is 92.3 Å². The number of carboxylic acids is 1. The van der Waals surface area contributed by atoms with Crippen molar-refractivity contribution in [3.8, 4) is 0 Å². The molecule has 1 atom stereocenters. The summed E-state index contributed by atoms with van der Waals surface area (Å²) >= 11 is 0. The first-order valence-corrected chi connectivity index (χ1v) is 5.05. The molecule has 1 aliphatic carbocycles. The average Bonchev–Trinajstić information content (AvgIpc) is 2.15. The first-order chi connectivity index (χ1) is 7.49. The van der Waals surface area contributed by atoms with E-state index >= 15 is 0 Å². The van der Waals surface area contributed by atoms with Gasteiger partial charge in [-0.05, 0) is 18.4 Å². The number of fused-ring (bicyclic) bond motifs is 1. The number of carboxylic acid groups (broad SMARTS) is 1. The summed E-state index contributed by atoms with van der Waals surface area (Å²) in [7, 11) is 0. The molecule has 1 aromatic rings. The van der Waals surface area contributed by atoms with Crippen molar-refractivity contribution in [3.05, 3.63) is 22.9 Å². The highest BCUT2D eigenvalue weighted by atomic mass is 16.4. The Morgan fingerprint density at radius 3 is 2.88 bits per heavy atom. The minimum absolute atomic E-state index is 0.0202. The van der Waals surface area contributed by atoms with Gasteiger partial charge in [0.15, 0.2) is 5.78 Å². The van der Waals surface area contributed by atoms with E-state index < -0.39 is 5.97 Å². The largest absolute Gasteiger partial charge is 0.478 e. The maximum absolute atomic E-state index is 11.7. The third-order valence-corrected chi connectivity index (χ3v) is 2.74. The molecule has 0 saturated carbocycles. The topological polar surface area (TPSA) is 93.3 Å². The number of aromatic nitrogens is 1. The monoisotopic (exact) mass is 220 g/mol. The summed E-state index contributed by atoms with van der Waals surface area (Å²) in [5.41, 5.74) is 6.46. The number of ketones is 1. The number of pyridine rings is 1. The Balaban J connectivity index is 2.57. The summed E-state index contributed by atoms with van der Waals surface area (Å²) in [5, 5.41) is 8.87.